The molecule has 3 nitrogen and oxygen atoms in total. The Morgan fingerprint density at radius 2 is 1.74 bits per heavy atom. The molecule has 2 N–H and O–H groups in total. The van der Waals surface area contributed by atoms with Crippen molar-refractivity contribution < 1.29 is 18.7 Å². The summed E-state index contributed by atoms with van der Waals surface area (Å²) in [5.41, 5.74) is -0.294. The summed E-state index contributed by atoms with van der Waals surface area (Å²) in [5, 5.41) is 12.7. The van der Waals surface area contributed by atoms with Crippen molar-refractivity contribution in [1.82, 2.24) is 5.32 Å². The quantitative estimate of drug-likeness (QED) is 0.890. The van der Waals surface area contributed by atoms with Crippen molar-refractivity contribution in [2.75, 3.05) is 6.54 Å². The van der Waals surface area contributed by atoms with Gasteiger partial charge in [-0.3, -0.25) is 4.79 Å². The van der Waals surface area contributed by atoms with Crippen molar-refractivity contribution in [3.05, 3.63) is 71.3 Å². The average Bonchev–Trinajstić information content (AvgIpc) is 2.53. The van der Waals surface area contributed by atoms with Crippen LogP contribution < -0.4 is 5.32 Å². The summed E-state index contributed by atoms with van der Waals surface area (Å²) >= 11 is 0. The van der Waals surface area contributed by atoms with Gasteiger partial charge < -0.3 is 10.4 Å². The zero-order valence-electron chi connectivity index (χ0n) is 13.0. The molecule has 1 atom stereocenters. The van der Waals surface area contributed by atoms with Gasteiger partial charge in [0.1, 0.15) is 11.6 Å². The molecule has 0 heterocycles. The summed E-state index contributed by atoms with van der Waals surface area (Å²) in [5.74, 6) is -1.25. The second kappa shape index (κ2) is 6.87. The predicted molar refractivity (Wildman–Crippen MR) is 83.8 cm³/mol. The van der Waals surface area contributed by atoms with Crippen LogP contribution in [0.2, 0.25) is 0 Å². The normalized spacial score (nSPS) is 12.7. The highest BCUT2D eigenvalue weighted by Gasteiger charge is 2.32. The summed E-state index contributed by atoms with van der Waals surface area (Å²) in [4.78, 5) is 12.4. The lowest BCUT2D eigenvalue weighted by Crippen LogP contribution is -2.42. The van der Waals surface area contributed by atoms with Gasteiger partial charge in [-0.1, -0.05) is 30.3 Å². The molecular weight excluding hydrogens is 300 g/mol. The standard InChI is InChI=1S/C18H19F2NO2/c1-18(2,14-5-3-4-6-15(14)20)17(23)21-11-16(22)12-7-9-13(19)10-8-12/h3-10,16,22H,11H2,1-2H3,(H,21,23). The fraction of sp³-hybridized carbons (Fsp3) is 0.278. The summed E-state index contributed by atoms with van der Waals surface area (Å²) < 4.78 is 26.7. The number of aliphatic hydroxyl groups excluding tert-OH is 1. The van der Waals surface area contributed by atoms with Gasteiger partial charge in [0.05, 0.1) is 11.5 Å². The number of hydrogen-bond donors (Lipinski definition) is 2. The first-order valence-corrected chi connectivity index (χ1v) is 7.29. The zero-order chi connectivity index (χ0) is 17.0. The Balaban J connectivity index is 2.04. The Bertz CT molecular complexity index is 684. The molecule has 2 aromatic carbocycles. The number of carbonyl (C=O) groups is 1. The van der Waals surface area contributed by atoms with Gasteiger partial charge in [0, 0.05) is 12.1 Å². The van der Waals surface area contributed by atoms with Crippen molar-refractivity contribution in [3.63, 3.8) is 0 Å². The van der Waals surface area contributed by atoms with E-state index in [1.54, 1.807) is 32.0 Å². The van der Waals surface area contributed by atoms with Gasteiger partial charge in [0.15, 0.2) is 0 Å². The highest BCUT2D eigenvalue weighted by Crippen LogP contribution is 2.26. The number of halogens is 2. The zero-order valence-corrected chi connectivity index (χ0v) is 13.0. The Kier molecular flexibility index (Phi) is 5.11. The molecule has 2 rings (SSSR count). The molecule has 0 fully saturated rings. The minimum absolute atomic E-state index is 0.0393. The molecular formula is C18H19F2NO2. The van der Waals surface area contributed by atoms with Crippen LogP contribution in [-0.2, 0) is 10.2 Å². The molecule has 1 amide bonds. The van der Waals surface area contributed by atoms with Crippen molar-refractivity contribution in [3.8, 4) is 0 Å². The van der Waals surface area contributed by atoms with Crippen LogP contribution in [0, 0.1) is 11.6 Å². The van der Waals surface area contributed by atoms with E-state index < -0.39 is 29.1 Å². The molecule has 0 saturated carbocycles. The van der Waals surface area contributed by atoms with Crippen LogP contribution in [0.3, 0.4) is 0 Å². The first-order chi connectivity index (χ1) is 10.8. The van der Waals surface area contributed by atoms with Crippen LogP contribution in [0.4, 0.5) is 8.78 Å². The van der Waals surface area contributed by atoms with Crippen LogP contribution in [-0.4, -0.2) is 17.6 Å². The third-order valence-electron chi connectivity index (χ3n) is 3.83. The van der Waals surface area contributed by atoms with Crippen molar-refractivity contribution in [2.24, 2.45) is 0 Å². The van der Waals surface area contributed by atoms with Gasteiger partial charge in [0.2, 0.25) is 5.91 Å². The topological polar surface area (TPSA) is 49.3 Å². The maximum atomic E-state index is 13.9. The molecule has 23 heavy (non-hydrogen) atoms. The lowest BCUT2D eigenvalue weighted by Gasteiger charge is -2.25. The highest BCUT2D eigenvalue weighted by molar-refractivity contribution is 5.87. The molecule has 0 aliphatic carbocycles. The van der Waals surface area contributed by atoms with Crippen LogP contribution >= 0.6 is 0 Å². The molecule has 122 valence electrons. The second-order valence-electron chi connectivity index (χ2n) is 5.88. The average molecular weight is 319 g/mol. The van der Waals surface area contributed by atoms with E-state index in [0.717, 1.165) is 0 Å². The summed E-state index contributed by atoms with van der Waals surface area (Å²) in [6.07, 6.45) is -0.962. The van der Waals surface area contributed by atoms with Crippen molar-refractivity contribution in [1.29, 1.82) is 0 Å². The fourth-order valence-electron chi connectivity index (χ4n) is 2.30. The van der Waals surface area contributed by atoms with Gasteiger partial charge in [-0.25, -0.2) is 8.78 Å². The van der Waals surface area contributed by atoms with E-state index in [9.17, 15) is 18.7 Å². The van der Waals surface area contributed by atoms with E-state index in [1.807, 2.05) is 0 Å². The van der Waals surface area contributed by atoms with E-state index in [-0.39, 0.29) is 12.1 Å². The van der Waals surface area contributed by atoms with Crippen LogP contribution in [0.5, 0.6) is 0 Å². The van der Waals surface area contributed by atoms with E-state index in [4.69, 9.17) is 0 Å². The van der Waals surface area contributed by atoms with Crippen LogP contribution in [0.25, 0.3) is 0 Å². The van der Waals surface area contributed by atoms with Gasteiger partial charge in [-0.05, 0) is 37.6 Å². The molecule has 0 bridgehead atoms. The Morgan fingerprint density at radius 1 is 1.13 bits per heavy atom. The minimum atomic E-state index is -1.08. The molecule has 0 aliphatic heterocycles. The number of amides is 1. The SMILES string of the molecule is CC(C)(C(=O)NCC(O)c1ccc(F)cc1)c1ccccc1F. The van der Waals surface area contributed by atoms with E-state index >= 15 is 0 Å². The molecule has 0 radical (unpaired) electrons. The van der Waals surface area contributed by atoms with Crippen molar-refractivity contribution >= 4 is 5.91 Å². The van der Waals surface area contributed by atoms with Gasteiger partial charge in [-0.15, -0.1) is 0 Å². The third kappa shape index (κ3) is 3.93. The number of carbonyl (C=O) groups excluding carboxylic acids is 1. The lowest BCUT2D eigenvalue weighted by molar-refractivity contribution is -0.126. The Morgan fingerprint density at radius 3 is 2.35 bits per heavy atom. The maximum Gasteiger partial charge on any atom is 0.230 e. The van der Waals surface area contributed by atoms with Crippen LogP contribution in [0.1, 0.15) is 31.1 Å². The largest absolute Gasteiger partial charge is 0.387 e. The van der Waals surface area contributed by atoms with Gasteiger partial charge >= 0.3 is 0 Å². The molecule has 0 aromatic heterocycles. The first kappa shape index (κ1) is 17.1. The number of benzene rings is 2. The molecule has 0 aliphatic rings. The Hall–Kier alpha value is -2.27. The smallest absolute Gasteiger partial charge is 0.230 e. The van der Waals surface area contributed by atoms with Gasteiger partial charge in [-0.2, -0.15) is 0 Å². The first-order valence-electron chi connectivity index (χ1n) is 7.29. The summed E-state index contributed by atoms with van der Waals surface area (Å²) in [6, 6.07) is 11.5. The van der Waals surface area contributed by atoms with E-state index in [2.05, 4.69) is 5.32 Å². The number of hydrogen-bond acceptors (Lipinski definition) is 2. The number of nitrogens with one attached hydrogen (secondary N) is 1. The predicted octanol–water partition coefficient (Wildman–Crippen LogP) is 3.09. The third-order valence-corrected chi connectivity index (χ3v) is 3.83. The number of aliphatic hydroxyl groups is 1. The second-order valence-corrected chi connectivity index (χ2v) is 5.88. The summed E-state index contributed by atoms with van der Waals surface area (Å²) in [6.45, 7) is 3.19. The van der Waals surface area contributed by atoms with E-state index in [0.29, 0.717) is 5.56 Å². The maximum absolute atomic E-state index is 13.9. The van der Waals surface area contributed by atoms with Crippen LogP contribution in [0.15, 0.2) is 48.5 Å². The Labute approximate surface area is 134 Å². The lowest BCUT2D eigenvalue weighted by atomic mass is 9.83. The van der Waals surface area contributed by atoms with Crippen molar-refractivity contribution in [2.45, 2.75) is 25.4 Å². The molecule has 0 spiro atoms. The summed E-state index contributed by atoms with van der Waals surface area (Å²) in [7, 11) is 0. The molecule has 5 heteroatoms. The van der Waals surface area contributed by atoms with Gasteiger partial charge in [0.25, 0.3) is 0 Å². The number of rotatable bonds is 5. The molecule has 1 unspecified atom stereocenters. The minimum Gasteiger partial charge on any atom is -0.387 e. The van der Waals surface area contributed by atoms with E-state index in [1.165, 1.54) is 30.3 Å². The molecule has 2 aromatic rings. The monoisotopic (exact) mass is 319 g/mol. The highest BCUT2D eigenvalue weighted by atomic mass is 19.1. The molecule has 0 saturated heterocycles. The fourth-order valence-corrected chi connectivity index (χ4v) is 2.30.